The number of oxime groups is 1. The molecular formula is C18H21NO2S. The molecule has 3 nitrogen and oxygen atoms in total. The van der Waals surface area contributed by atoms with Crippen LogP contribution in [0.5, 0.6) is 0 Å². The van der Waals surface area contributed by atoms with E-state index in [9.17, 15) is 4.79 Å². The topological polar surface area (TPSA) is 49.7 Å². The molecule has 22 heavy (non-hydrogen) atoms. The third kappa shape index (κ3) is 4.28. The minimum absolute atomic E-state index is 0.184. The first-order valence-electron chi connectivity index (χ1n) is 7.65. The van der Waals surface area contributed by atoms with Gasteiger partial charge in [-0.25, -0.2) is 0 Å². The number of Topliss-reactive ketones (excluding diaryl/α,β-unsaturated/α-hetero) is 1. The van der Waals surface area contributed by atoms with Gasteiger partial charge in [0.15, 0.2) is 0 Å². The molecule has 0 bridgehead atoms. The molecule has 0 unspecified atom stereocenters. The second-order valence-electron chi connectivity index (χ2n) is 5.24. The van der Waals surface area contributed by atoms with Crippen LogP contribution in [0.4, 0.5) is 0 Å². The van der Waals surface area contributed by atoms with Crippen LogP contribution < -0.4 is 0 Å². The largest absolute Gasteiger partial charge is 0.411 e. The lowest BCUT2D eigenvalue weighted by molar-refractivity contribution is 0.105. The van der Waals surface area contributed by atoms with E-state index in [1.54, 1.807) is 23.5 Å². The molecule has 0 saturated carbocycles. The molecule has 0 amide bonds. The van der Waals surface area contributed by atoms with Gasteiger partial charge in [-0.2, -0.15) is 0 Å². The maximum atomic E-state index is 12.3. The molecule has 0 radical (unpaired) electrons. The smallest absolute Gasteiger partial charge is 0.210 e. The molecule has 1 aromatic carbocycles. The van der Waals surface area contributed by atoms with E-state index < -0.39 is 0 Å². The first-order valence-corrected chi connectivity index (χ1v) is 8.53. The highest BCUT2D eigenvalue weighted by Gasteiger charge is 2.14. The van der Waals surface area contributed by atoms with Gasteiger partial charge in [0.25, 0.3) is 0 Å². The van der Waals surface area contributed by atoms with E-state index in [-0.39, 0.29) is 11.5 Å². The van der Waals surface area contributed by atoms with Crippen molar-refractivity contribution in [3.63, 3.8) is 0 Å². The van der Waals surface area contributed by atoms with E-state index in [2.05, 4.69) is 18.1 Å². The van der Waals surface area contributed by atoms with Crippen molar-refractivity contribution >= 4 is 22.8 Å². The van der Waals surface area contributed by atoms with Gasteiger partial charge in [-0.3, -0.25) is 4.79 Å². The van der Waals surface area contributed by atoms with Crippen LogP contribution in [0.25, 0.3) is 10.4 Å². The summed E-state index contributed by atoms with van der Waals surface area (Å²) in [4.78, 5) is 13.5. The number of hydrogen-bond acceptors (Lipinski definition) is 4. The average Bonchev–Trinajstić information content (AvgIpc) is 3.09. The van der Waals surface area contributed by atoms with Gasteiger partial charge < -0.3 is 5.21 Å². The first-order chi connectivity index (χ1) is 10.8. The lowest BCUT2D eigenvalue weighted by Gasteiger charge is -2.05. The Bertz CT molecular complexity index is 615. The molecule has 2 rings (SSSR count). The molecule has 0 saturated heterocycles. The van der Waals surface area contributed by atoms with Gasteiger partial charge in [0.2, 0.25) is 5.78 Å². The molecule has 1 N–H and O–H groups in total. The second kappa shape index (κ2) is 8.49. The summed E-state index contributed by atoms with van der Waals surface area (Å²) in [6.45, 7) is 2.14. The Hall–Kier alpha value is -1.94. The van der Waals surface area contributed by atoms with Gasteiger partial charge in [-0.05, 0) is 29.9 Å². The molecule has 116 valence electrons. The van der Waals surface area contributed by atoms with Gasteiger partial charge >= 0.3 is 0 Å². The van der Waals surface area contributed by atoms with Gasteiger partial charge in [0, 0.05) is 10.4 Å². The number of unbranched alkanes of at least 4 members (excludes halogenated alkanes) is 3. The van der Waals surface area contributed by atoms with Crippen molar-refractivity contribution in [3.8, 4) is 10.4 Å². The molecule has 4 heteroatoms. The number of hydrogen-bond donors (Lipinski definition) is 1. The molecule has 0 atom stereocenters. The number of ketones is 1. The summed E-state index contributed by atoms with van der Waals surface area (Å²) in [6, 6.07) is 11.5. The predicted molar refractivity (Wildman–Crippen MR) is 92.1 cm³/mol. The van der Waals surface area contributed by atoms with Gasteiger partial charge in [-0.1, -0.05) is 61.7 Å². The van der Waals surface area contributed by atoms with Crippen LogP contribution in [0.2, 0.25) is 0 Å². The van der Waals surface area contributed by atoms with Crippen molar-refractivity contribution in [2.24, 2.45) is 5.16 Å². The first kappa shape index (κ1) is 16.4. The summed E-state index contributed by atoms with van der Waals surface area (Å²) in [5, 5.41) is 14.3. The van der Waals surface area contributed by atoms with Crippen LogP contribution in [-0.4, -0.2) is 16.7 Å². The number of benzene rings is 1. The van der Waals surface area contributed by atoms with E-state index in [0.29, 0.717) is 12.0 Å². The lowest BCUT2D eigenvalue weighted by Crippen LogP contribution is -2.14. The highest BCUT2D eigenvalue weighted by atomic mass is 32.1. The minimum Gasteiger partial charge on any atom is -0.411 e. The zero-order chi connectivity index (χ0) is 15.8. The van der Waals surface area contributed by atoms with Gasteiger partial charge in [0.1, 0.15) is 5.71 Å². The third-order valence-corrected chi connectivity index (χ3v) is 4.52. The number of rotatable bonds is 8. The number of thiophene rings is 1. The van der Waals surface area contributed by atoms with E-state index in [1.807, 2.05) is 23.6 Å². The van der Waals surface area contributed by atoms with Crippen molar-refractivity contribution in [1.82, 2.24) is 0 Å². The summed E-state index contributed by atoms with van der Waals surface area (Å²) in [5.74, 6) is -0.184. The Morgan fingerprint density at radius 2 is 1.91 bits per heavy atom. The average molecular weight is 315 g/mol. The normalized spacial score (nSPS) is 11.6. The Kier molecular flexibility index (Phi) is 6.34. The maximum Gasteiger partial charge on any atom is 0.210 e. The van der Waals surface area contributed by atoms with Crippen LogP contribution in [0.15, 0.2) is 46.9 Å². The molecule has 0 aliphatic carbocycles. The summed E-state index contributed by atoms with van der Waals surface area (Å²) in [7, 11) is 0. The van der Waals surface area contributed by atoms with Gasteiger partial charge in [-0.15, -0.1) is 11.3 Å². The van der Waals surface area contributed by atoms with Crippen LogP contribution in [0.3, 0.4) is 0 Å². The lowest BCUT2D eigenvalue weighted by atomic mass is 10.0. The quantitative estimate of drug-likeness (QED) is 0.233. The Balaban J connectivity index is 2.02. The molecule has 0 fully saturated rings. The van der Waals surface area contributed by atoms with Crippen molar-refractivity contribution in [1.29, 1.82) is 0 Å². The Labute approximate surface area is 135 Å². The highest BCUT2D eigenvalue weighted by Crippen LogP contribution is 2.25. The zero-order valence-electron chi connectivity index (χ0n) is 12.8. The van der Waals surface area contributed by atoms with E-state index in [0.717, 1.165) is 31.2 Å². The molecule has 0 spiro atoms. The highest BCUT2D eigenvalue weighted by molar-refractivity contribution is 7.13. The molecule has 2 aromatic rings. The number of carbonyl (C=O) groups excluding carboxylic acids is 1. The van der Waals surface area contributed by atoms with Crippen molar-refractivity contribution in [2.75, 3.05) is 0 Å². The van der Waals surface area contributed by atoms with Crippen LogP contribution in [-0.2, 0) is 0 Å². The third-order valence-electron chi connectivity index (χ3n) is 3.60. The van der Waals surface area contributed by atoms with Crippen LogP contribution in [0, 0.1) is 0 Å². The standard InChI is InChI=1S/C18H21NO2S/c1-2-3-4-5-7-16(19-21)18(20)15-11-9-14(10-12-15)17-8-6-13-22-17/h6,8-13,21H,2-5,7H2,1H3. The SMILES string of the molecule is CCCCCCC(=NO)C(=O)c1ccc(-c2cccs2)cc1. The summed E-state index contributed by atoms with van der Waals surface area (Å²) in [5.41, 5.74) is 1.92. The molecule has 0 aliphatic heterocycles. The molecular weight excluding hydrogens is 294 g/mol. The number of nitrogens with zero attached hydrogens (tertiary/aromatic N) is 1. The summed E-state index contributed by atoms with van der Waals surface area (Å²) in [6.07, 6.45) is 4.75. The van der Waals surface area contributed by atoms with Crippen molar-refractivity contribution < 1.29 is 10.0 Å². The second-order valence-corrected chi connectivity index (χ2v) is 6.19. The van der Waals surface area contributed by atoms with E-state index in [1.165, 1.54) is 4.88 Å². The van der Waals surface area contributed by atoms with Crippen LogP contribution >= 0.6 is 11.3 Å². The Morgan fingerprint density at radius 1 is 1.14 bits per heavy atom. The fourth-order valence-corrected chi connectivity index (χ4v) is 3.06. The van der Waals surface area contributed by atoms with Gasteiger partial charge in [0.05, 0.1) is 0 Å². The van der Waals surface area contributed by atoms with Crippen molar-refractivity contribution in [3.05, 3.63) is 47.3 Å². The Morgan fingerprint density at radius 3 is 2.50 bits per heavy atom. The molecule has 0 aliphatic rings. The fourth-order valence-electron chi connectivity index (χ4n) is 2.32. The monoisotopic (exact) mass is 315 g/mol. The zero-order valence-corrected chi connectivity index (χ0v) is 13.6. The molecule has 1 heterocycles. The minimum atomic E-state index is -0.184. The fraction of sp³-hybridized carbons (Fsp3) is 0.333. The van der Waals surface area contributed by atoms with Crippen molar-refractivity contribution in [2.45, 2.75) is 39.0 Å². The van der Waals surface area contributed by atoms with Crippen LogP contribution in [0.1, 0.15) is 49.4 Å². The van der Waals surface area contributed by atoms with E-state index in [4.69, 9.17) is 5.21 Å². The predicted octanol–water partition coefficient (Wildman–Crippen LogP) is 5.40. The number of carbonyl (C=O) groups is 1. The summed E-state index contributed by atoms with van der Waals surface area (Å²) >= 11 is 1.67. The summed E-state index contributed by atoms with van der Waals surface area (Å²) < 4.78 is 0. The van der Waals surface area contributed by atoms with E-state index >= 15 is 0 Å². The maximum absolute atomic E-state index is 12.3. The molecule has 1 aromatic heterocycles.